The Labute approximate surface area is 75.4 Å². The fraction of sp³-hybridized carbons (Fsp3) is 0.222. The monoisotopic (exact) mass is 182 g/mol. The Morgan fingerprint density at radius 1 is 1.31 bits per heavy atom. The lowest BCUT2D eigenvalue weighted by molar-refractivity contribution is 0.142. The fourth-order valence-electron chi connectivity index (χ4n) is 0.987. The van der Waals surface area contributed by atoms with Crippen LogP contribution in [0.3, 0.4) is 0 Å². The normalized spacial score (nSPS) is 9.69. The number of hydrogen-bond donors (Lipinski definition) is 2. The summed E-state index contributed by atoms with van der Waals surface area (Å²) in [5.74, 6) is -0.116. The van der Waals surface area contributed by atoms with Crippen LogP contribution < -0.4 is 4.74 Å². The third-order valence-electron chi connectivity index (χ3n) is 1.72. The third-order valence-corrected chi connectivity index (χ3v) is 1.72. The van der Waals surface area contributed by atoms with Crippen LogP contribution >= 0.6 is 0 Å². The van der Waals surface area contributed by atoms with Crippen LogP contribution in [0.15, 0.2) is 12.1 Å². The van der Waals surface area contributed by atoms with Crippen molar-refractivity contribution >= 4 is 6.16 Å². The summed E-state index contributed by atoms with van der Waals surface area (Å²) in [6, 6.07) is 3.38. The van der Waals surface area contributed by atoms with E-state index in [1.807, 2.05) is 0 Å². The molecule has 0 unspecified atom stereocenters. The zero-order valence-corrected chi connectivity index (χ0v) is 7.37. The van der Waals surface area contributed by atoms with Gasteiger partial charge in [-0.2, -0.15) is 0 Å². The molecular formula is C9H10O4. The highest BCUT2D eigenvalue weighted by molar-refractivity contribution is 5.65. The highest BCUT2D eigenvalue weighted by Gasteiger charge is 2.11. The number of phenolic OH excluding ortho intramolecular Hbond substituents is 1. The Morgan fingerprint density at radius 2 is 1.85 bits per heavy atom. The number of carboxylic acid groups (broad SMARTS) is 1. The van der Waals surface area contributed by atoms with Crippen LogP contribution in [0.25, 0.3) is 0 Å². The molecule has 1 rings (SSSR count). The maximum Gasteiger partial charge on any atom is 0.511 e. The second-order valence-electron chi connectivity index (χ2n) is 2.75. The van der Waals surface area contributed by atoms with Gasteiger partial charge in [0.1, 0.15) is 0 Å². The minimum absolute atomic E-state index is 0.00694. The smallest absolute Gasteiger partial charge is 0.504 e. The number of rotatable bonds is 1. The average molecular weight is 182 g/mol. The number of carbonyl (C=O) groups is 1. The van der Waals surface area contributed by atoms with Crippen molar-refractivity contribution in [2.45, 2.75) is 13.8 Å². The molecule has 0 atom stereocenters. The molecule has 70 valence electrons. The first-order chi connectivity index (χ1) is 6.02. The number of phenols is 1. The first kappa shape index (κ1) is 9.38. The molecule has 0 bridgehead atoms. The molecule has 0 aromatic heterocycles. The van der Waals surface area contributed by atoms with E-state index in [0.29, 0.717) is 11.1 Å². The van der Waals surface area contributed by atoms with Gasteiger partial charge in [-0.1, -0.05) is 12.1 Å². The van der Waals surface area contributed by atoms with Crippen LogP contribution in [0.2, 0.25) is 0 Å². The number of aryl methyl sites for hydroxylation is 2. The lowest BCUT2D eigenvalue weighted by atomic mass is 10.1. The van der Waals surface area contributed by atoms with Crippen molar-refractivity contribution in [3.8, 4) is 11.5 Å². The molecule has 2 N–H and O–H groups in total. The summed E-state index contributed by atoms with van der Waals surface area (Å²) in [4.78, 5) is 10.3. The zero-order valence-electron chi connectivity index (χ0n) is 7.37. The quantitative estimate of drug-likeness (QED) is 0.515. The molecule has 0 aliphatic carbocycles. The van der Waals surface area contributed by atoms with E-state index in [9.17, 15) is 9.90 Å². The summed E-state index contributed by atoms with van der Waals surface area (Å²) in [7, 11) is 0. The summed E-state index contributed by atoms with van der Waals surface area (Å²) in [6.45, 7) is 3.33. The summed E-state index contributed by atoms with van der Waals surface area (Å²) >= 11 is 0. The summed E-state index contributed by atoms with van der Waals surface area (Å²) in [6.07, 6.45) is -1.43. The van der Waals surface area contributed by atoms with Crippen LogP contribution in [-0.4, -0.2) is 16.4 Å². The van der Waals surface area contributed by atoms with Gasteiger partial charge in [-0.05, 0) is 25.0 Å². The number of benzene rings is 1. The standard InChI is InChI=1S/C9H10O4/c1-5-3-4-6(2)8(7(5)10)13-9(11)12/h3-4,10H,1-2H3,(H,11,12). The molecule has 0 heterocycles. The van der Waals surface area contributed by atoms with Gasteiger partial charge in [0.05, 0.1) is 0 Å². The molecule has 0 saturated heterocycles. The van der Waals surface area contributed by atoms with E-state index in [-0.39, 0.29) is 11.5 Å². The number of aromatic hydroxyl groups is 1. The molecule has 0 spiro atoms. The molecule has 0 aliphatic rings. The van der Waals surface area contributed by atoms with Gasteiger partial charge in [0, 0.05) is 0 Å². The molecule has 0 fully saturated rings. The van der Waals surface area contributed by atoms with E-state index >= 15 is 0 Å². The molecule has 0 radical (unpaired) electrons. The predicted octanol–water partition coefficient (Wildman–Crippen LogP) is 2.07. The molecule has 1 aromatic rings. The number of hydrogen-bond acceptors (Lipinski definition) is 3. The van der Waals surface area contributed by atoms with Crippen LogP contribution in [0, 0.1) is 13.8 Å². The predicted molar refractivity (Wildman–Crippen MR) is 46.2 cm³/mol. The minimum atomic E-state index is -1.43. The Hall–Kier alpha value is -1.71. The Kier molecular flexibility index (Phi) is 2.41. The lowest BCUT2D eigenvalue weighted by Gasteiger charge is -2.08. The molecule has 0 aliphatic heterocycles. The Balaban J connectivity index is 3.17. The Morgan fingerprint density at radius 3 is 2.38 bits per heavy atom. The molecule has 4 nitrogen and oxygen atoms in total. The molecule has 4 heteroatoms. The molecule has 13 heavy (non-hydrogen) atoms. The van der Waals surface area contributed by atoms with E-state index in [1.165, 1.54) is 0 Å². The second kappa shape index (κ2) is 3.35. The molecule has 0 saturated carbocycles. The summed E-state index contributed by atoms with van der Waals surface area (Å²) in [5.41, 5.74) is 1.17. The SMILES string of the molecule is Cc1ccc(C)c(OC(=O)O)c1O. The lowest BCUT2D eigenvalue weighted by Crippen LogP contribution is -2.04. The minimum Gasteiger partial charge on any atom is -0.504 e. The van der Waals surface area contributed by atoms with E-state index in [4.69, 9.17) is 5.11 Å². The van der Waals surface area contributed by atoms with Crippen molar-refractivity contribution in [3.63, 3.8) is 0 Å². The van der Waals surface area contributed by atoms with Gasteiger partial charge in [0.2, 0.25) is 0 Å². The van der Waals surface area contributed by atoms with Crippen molar-refractivity contribution < 1.29 is 19.7 Å². The van der Waals surface area contributed by atoms with E-state index in [0.717, 1.165) is 0 Å². The largest absolute Gasteiger partial charge is 0.511 e. The highest BCUT2D eigenvalue weighted by Crippen LogP contribution is 2.32. The zero-order chi connectivity index (χ0) is 10.0. The van der Waals surface area contributed by atoms with Gasteiger partial charge >= 0.3 is 6.16 Å². The molecular weight excluding hydrogens is 172 g/mol. The van der Waals surface area contributed by atoms with Crippen molar-refractivity contribution in [3.05, 3.63) is 23.3 Å². The van der Waals surface area contributed by atoms with Gasteiger partial charge in [0.25, 0.3) is 0 Å². The van der Waals surface area contributed by atoms with Crippen molar-refractivity contribution in [1.29, 1.82) is 0 Å². The average Bonchev–Trinajstić information content (AvgIpc) is 2.05. The van der Waals surface area contributed by atoms with Gasteiger partial charge in [-0.3, -0.25) is 0 Å². The van der Waals surface area contributed by atoms with Crippen LogP contribution in [-0.2, 0) is 0 Å². The van der Waals surface area contributed by atoms with E-state index in [2.05, 4.69) is 4.74 Å². The maximum atomic E-state index is 10.3. The van der Waals surface area contributed by atoms with Crippen LogP contribution in [0.5, 0.6) is 11.5 Å². The maximum absolute atomic E-state index is 10.3. The topological polar surface area (TPSA) is 66.8 Å². The van der Waals surface area contributed by atoms with Gasteiger partial charge in [-0.25, -0.2) is 4.79 Å². The van der Waals surface area contributed by atoms with Gasteiger partial charge < -0.3 is 14.9 Å². The number of ether oxygens (including phenoxy) is 1. The summed E-state index contributed by atoms with van der Waals surface area (Å²) < 4.78 is 4.42. The van der Waals surface area contributed by atoms with Crippen LogP contribution in [0.1, 0.15) is 11.1 Å². The van der Waals surface area contributed by atoms with E-state index in [1.54, 1.807) is 26.0 Å². The first-order valence-electron chi connectivity index (χ1n) is 3.72. The van der Waals surface area contributed by atoms with Crippen molar-refractivity contribution in [2.24, 2.45) is 0 Å². The van der Waals surface area contributed by atoms with Crippen LogP contribution in [0.4, 0.5) is 4.79 Å². The van der Waals surface area contributed by atoms with Crippen molar-refractivity contribution in [1.82, 2.24) is 0 Å². The van der Waals surface area contributed by atoms with Crippen molar-refractivity contribution in [2.75, 3.05) is 0 Å². The summed E-state index contributed by atoms with van der Waals surface area (Å²) in [5, 5.41) is 17.8. The first-order valence-corrected chi connectivity index (χ1v) is 3.72. The highest BCUT2D eigenvalue weighted by atomic mass is 16.7. The van der Waals surface area contributed by atoms with Gasteiger partial charge in [0.15, 0.2) is 11.5 Å². The molecule has 1 aromatic carbocycles. The Bertz CT molecular complexity index is 344. The van der Waals surface area contributed by atoms with E-state index < -0.39 is 6.16 Å². The third kappa shape index (κ3) is 1.90. The second-order valence-corrected chi connectivity index (χ2v) is 2.75. The molecule has 0 amide bonds. The fourth-order valence-corrected chi connectivity index (χ4v) is 0.987. The van der Waals surface area contributed by atoms with Gasteiger partial charge in [-0.15, -0.1) is 0 Å².